The van der Waals surface area contributed by atoms with E-state index in [1.54, 1.807) is 0 Å². The van der Waals surface area contributed by atoms with Crippen LogP contribution in [0.15, 0.2) is 24.3 Å². The van der Waals surface area contributed by atoms with Crippen molar-refractivity contribution in [2.75, 3.05) is 0 Å². The van der Waals surface area contributed by atoms with Gasteiger partial charge in [-0.1, -0.05) is 45.1 Å². The summed E-state index contributed by atoms with van der Waals surface area (Å²) in [5.74, 6) is 0. The predicted molar refractivity (Wildman–Crippen MR) is 52.6 cm³/mol. The summed E-state index contributed by atoms with van der Waals surface area (Å²) >= 11 is 0. The molecule has 0 radical (unpaired) electrons. The van der Waals surface area contributed by atoms with Crippen molar-refractivity contribution < 1.29 is 0 Å². The summed E-state index contributed by atoms with van der Waals surface area (Å²) in [6.45, 7) is 8.73. The van der Waals surface area contributed by atoms with Crippen LogP contribution in [0.1, 0.15) is 40.5 Å². The molecule has 0 heteroatoms. The van der Waals surface area contributed by atoms with E-state index in [2.05, 4.69) is 52.0 Å². The molecular weight excluding hydrogens is 132 g/mol. The number of hydrogen-bond acceptors (Lipinski definition) is 0. The monoisotopic (exact) mass is 152 g/mol. The van der Waals surface area contributed by atoms with Gasteiger partial charge in [-0.05, 0) is 19.8 Å². The second-order valence-electron chi connectivity index (χ2n) is 3.17. The maximum Gasteiger partial charge on any atom is 0.00299 e. The van der Waals surface area contributed by atoms with Gasteiger partial charge in [-0.15, -0.1) is 0 Å². The van der Waals surface area contributed by atoms with E-state index in [-0.39, 0.29) is 5.41 Å². The molecule has 11 heavy (non-hydrogen) atoms. The van der Waals surface area contributed by atoms with E-state index < -0.39 is 0 Å². The van der Waals surface area contributed by atoms with E-state index >= 15 is 0 Å². The van der Waals surface area contributed by atoms with E-state index in [0.717, 1.165) is 6.42 Å². The fourth-order valence-corrected chi connectivity index (χ4v) is 1.06. The first-order valence-corrected chi connectivity index (χ1v) is 4.50. The van der Waals surface area contributed by atoms with Gasteiger partial charge in [0.15, 0.2) is 0 Å². The number of rotatable bonds is 4. The molecule has 0 bridgehead atoms. The van der Waals surface area contributed by atoms with Crippen molar-refractivity contribution in [1.82, 2.24) is 0 Å². The minimum atomic E-state index is 0.282. The van der Waals surface area contributed by atoms with Gasteiger partial charge in [-0.3, -0.25) is 0 Å². The Labute approximate surface area is 71.0 Å². The van der Waals surface area contributed by atoms with Crippen LogP contribution in [0.5, 0.6) is 0 Å². The smallest absolute Gasteiger partial charge is 0.00299 e. The zero-order valence-corrected chi connectivity index (χ0v) is 8.22. The van der Waals surface area contributed by atoms with Crippen LogP contribution >= 0.6 is 0 Å². The summed E-state index contributed by atoms with van der Waals surface area (Å²) in [7, 11) is 0. The molecule has 0 aromatic rings. The average molecular weight is 152 g/mol. The Bertz CT molecular complexity index is 142. The zero-order valence-electron chi connectivity index (χ0n) is 8.22. The van der Waals surface area contributed by atoms with Gasteiger partial charge in [-0.25, -0.2) is 0 Å². The van der Waals surface area contributed by atoms with Crippen LogP contribution in [-0.4, -0.2) is 0 Å². The van der Waals surface area contributed by atoms with Gasteiger partial charge in [0, 0.05) is 5.41 Å². The van der Waals surface area contributed by atoms with Gasteiger partial charge in [-0.2, -0.15) is 0 Å². The Kier molecular flexibility index (Phi) is 4.93. The fourth-order valence-electron chi connectivity index (χ4n) is 1.06. The first-order valence-electron chi connectivity index (χ1n) is 4.50. The minimum Gasteiger partial charge on any atom is -0.0908 e. The lowest BCUT2D eigenvalue weighted by atomic mass is 9.86. The van der Waals surface area contributed by atoms with Gasteiger partial charge in [0.2, 0.25) is 0 Å². The van der Waals surface area contributed by atoms with Crippen molar-refractivity contribution in [3.8, 4) is 0 Å². The third-order valence-electron chi connectivity index (χ3n) is 2.04. The topological polar surface area (TPSA) is 0 Å². The number of hydrogen-bond donors (Lipinski definition) is 0. The first kappa shape index (κ1) is 10.5. The van der Waals surface area contributed by atoms with Crippen molar-refractivity contribution >= 4 is 0 Å². The molecule has 0 aliphatic carbocycles. The maximum atomic E-state index is 2.30. The van der Waals surface area contributed by atoms with Crippen LogP contribution < -0.4 is 0 Å². The second-order valence-corrected chi connectivity index (χ2v) is 3.17. The standard InChI is InChI=1S/C11H20/c1-5-8-10-11(4,7-3)9-6-2/h6,8-10H,5,7H2,1-4H3. The van der Waals surface area contributed by atoms with E-state index in [1.807, 2.05) is 0 Å². The van der Waals surface area contributed by atoms with E-state index in [1.165, 1.54) is 6.42 Å². The van der Waals surface area contributed by atoms with Crippen LogP contribution in [0.25, 0.3) is 0 Å². The number of allylic oxidation sites excluding steroid dienone is 4. The molecule has 0 nitrogen and oxygen atoms in total. The molecule has 0 aromatic heterocycles. The molecule has 1 atom stereocenters. The third-order valence-corrected chi connectivity index (χ3v) is 2.04. The van der Waals surface area contributed by atoms with Crippen LogP contribution in [0, 0.1) is 5.41 Å². The summed E-state index contributed by atoms with van der Waals surface area (Å²) < 4.78 is 0. The summed E-state index contributed by atoms with van der Waals surface area (Å²) in [5.41, 5.74) is 0.282. The quantitative estimate of drug-likeness (QED) is 0.535. The molecule has 0 aliphatic heterocycles. The van der Waals surface area contributed by atoms with Gasteiger partial charge in [0.25, 0.3) is 0 Å². The van der Waals surface area contributed by atoms with Crippen molar-refractivity contribution in [3.05, 3.63) is 24.3 Å². The minimum absolute atomic E-state index is 0.282. The second kappa shape index (κ2) is 5.17. The Morgan fingerprint density at radius 3 is 2.18 bits per heavy atom. The van der Waals surface area contributed by atoms with Gasteiger partial charge in [0.1, 0.15) is 0 Å². The van der Waals surface area contributed by atoms with Crippen molar-refractivity contribution in [1.29, 1.82) is 0 Å². The molecule has 0 fully saturated rings. The molecule has 0 aromatic carbocycles. The molecular formula is C11H20. The largest absolute Gasteiger partial charge is 0.0908 e. The van der Waals surface area contributed by atoms with Crippen molar-refractivity contribution in [2.45, 2.75) is 40.5 Å². The predicted octanol–water partition coefficient (Wildman–Crippen LogP) is 3.95. The molecule has 0 heterocycles. The van der Waals surface area contributed by atoms with Crippen molar-refractivity contribution in [3.63, 3.8) is 0 Å². The molecule has 0 saturated carbocycles. The average Bonchev–Trinajstić information content (AvgIpc) is 2.02. The Morgan fingerprint density at radius 2 is 1.82 bits per heavy atom. The highest BCUT2D eigenvalue weighted by atomic mass is 14.2. The summed E-state index contributed by atoms with van der Waals surface area (Å²) in [4.78, 5) is 0. The highest BCUT2D eigenvalue weighted by Crippen LogP contribution is 2.24. The van der Waals surface area contributed by atoms with Crippen LogP contribution in [-0.2, 0) is 0 Å². The Balaban J connectivity index is 4.21. The summed E-state index contributed by atoms with van der Waals surface area (Å²) in [6, 6.07) is 0. The highest BCUT2D eigenvalue weighted by Gasteiger charge is 2.12. The first-order chi connectivity index (χ1) is 5.18. The third kappa shape index (κ3) is 4.02. The normalized spacial score (nSPS) is 17.8. The van der Waals surface area contributed by atoms with Crippen LogP contribution in [0.3, 0.4) is 0 Å². The molecule has 0 rings (SSSR count). The van der Waals surface area contributed by atoms with Crippen LogP contribution in [0.2, 0.25) is 0 Å². The lowest BCUT2D eigenvalue weighted by molar-refractivity contribution is 0.528. The Hall–Kier alpha value is -0.520. The summed E-state index contributed by atoms with van der Waals surface area (Å²) in [5, 5.41) is 0. The maximum absolute atomic E-state index is 2.30. The van der Waals surface area contributed by atoms with Gasteiger partial charge in [0.05, 0.1) is 0 Å². The molecule has 0 saturated heterocycles. The molecule has 1 unspecified atom stereocenters. The molecule has 0 N–H and O–H groups in total. The molecule has 64 valence electrons. The molecule has 0 amide bonds. The van der Waals surface area contributed by atoms with E-state index in [9.17, 15) is 0 Å². The van der Waals surface area contributed by atoms with Crippen molar-refractivity contribution in [2.24, 2.45) is 5.41 Å². The Morgan fingerprint density at radius 1 is 1.18 bits per heavy atom. The van der Waals surface area contributed by atoms with E-state index in [4.69, 9.17) is 0 Å². The van der Waals surface area contributed by atoms with Crippen LogP contribution in [0.4, 0.5) is 0 Å². The lowest BCUT2D eigenvalue weighted by Gasteiger charge is -2.18. The van der Waals surface area contributed by atoms with Gasteiger partial charge < -0.3 is 0 Å². The SMILES string of the molecule is CC=CC(C)(C=CCC)CC. The summed E-state index contributed by atoms with van der Waals surface area (Å²) in [6.07, 6.45) is 11.2. The van der Waals surface area contributed by atoms with E-state index in [0.29, 0.717) is 0 Å². The zero-order chi connectivity index (χ0) is 8.74. The fraction of sp³-hybridized carbons (Fsp3) is 0.636. The molecule has 0 spiro atoms. The highest BCUT2D eigenvalue weighted by molar-refractivity contribution is 5.08. The van der Waals surface area contributed by atoms with Gasteiger partial charge >= 0.3 is 0 Å². The lowest BCUT2D eigenvalue weighted by Crippen LogP contribution is -2.06. The molecule has 0 aliphatic rings.